The Kier molecular flexibility index (Phi) is 3.96. The summed E-state index contributed by atoms with van der Waals surface area (Å²) in [5.74, 6) is 1.29. The molecule has 3 aliphatic rings. The molecular weight excluding hydrogens is 298 g/mol. The first-order valence-corrected chi connectivity index (χ1v) is 9.46. The Bertz CT molecular complexity index is 578. The quantitative estimate of drug-likeness (QED) is 0.840. The molecule has 120 valence electrons. The van der Waals surface area contributed by atoms with Gasteiger partial charge in [-0.1, -0.05) is 18.2 Å². The fourth-order valence-electron chi connectivity index (χ4n) is 3.97. The number of piperidine rings is 1. The summed E-state index contributed by atoms with van der Waals surface area (Å²) in [5, 5.41) is 15.1. The molecule has 1 N–H and O–H groups in total. The molecule has 0 spiro atoms. The van der Waals surface area contributed by atoms with Crippen molar-refractivity contribution >= 4 is 23.4 Å². The molecular formula is C15H23N5OS. The van der Waals surface area contributed by atoms with Crippen LogP contribution in [0.1, 0.15) is 32.1 Å². The predicted molar refractivity (Wildman–Crippen MR) is 86.8 cm³/mol. The molecule has 0 bridgehead atoms. The lowest BCUT2D eigenvalue weighted by Gasteiger charge is -2.42. The monoisotopic (exact) mass is 321 g/mol. The Balaban J connectivity index is 1.61. The number of thioether (sulfide) groups is 1. The largest absolute Gasteiger partial charge is 0.393 e. The number of fused-ring (bicyclic) bond motifs is 2. The maximum Gasteiger partial charge on any atom is 0.248 e. The lowest BCUT2D eigenvalue weighted by atomic mass is 9.81. The highest BCUT2D eigenvalue weighted by atomic mass is 32.2. The van der Waals surface area contributed by atoms with Crippen molar-refractivity contribution in [2.75, 3.05) is 19.3 Å². The van der Waals surface area contributed by atoms with E-state index in [9.17, 15) is 5.11 Å². The molecule has 2 atom stereocenters. The van der Waals surface area contributed by atoms with Gasteiger partial charge in [0.05, 0.1) is 12.6 Å². The van der Waals surface area contributed by atoms with Crippen LogP contribution in [-0.4, -0.2) is 62.0 Å². The van der Waals surface area contributed by atoms with Crippen LogP contribution in [0.3, 0.4) is 0 Å². The third-order valence-electron chi connectivity index (χ3n) is 5.17. The third kappa shape index (κ3) is 2.59. The first kappa shape index (κ1) is 14.7. The molecule has 1 saturated carbocycles. The van der Waals surface area contributed by atoms with Crippen LogP contribution in [0.15, 0.2) is 10.1 Å². The summed E-state index contributed by atoms with van der Waals surface area (Å²) in [7, 11) is 0. The van der Waals surface area contributed by atoms with Crippen LogP contribution in [-0.2, 0) is 6.54 Å². The minimum Gasteiger partial charge on any atom is -0.393 e. The van der Waals surface area contributed by atoms with Crippen LogP contribution in [0.5, 0.6) is 0 Å². The van der Waals surface area contributed by atoms with Crippen molar-refractivity contribution in [3.05, 3.63) is 0 Å². The normalized spacial score (nSPS) is 29.8. The smallest absolute Gasteiger partial charge is 0.248 e. The summed E-state index contributed by atoms with van der Waals surface area (Å²) < 4.78 is 1.97. The number of hydrogen-bond acceptors (Lipinski definition) is 6. The minimum atomic E-state index is -0.115. The number of rotatable bonds is 2. The molecule has 0 radical (unpaired) electrons. The minimum absolute atomic E-state index is 0.115. The van der Waals surface area contributed by atoms with E-state index >= 15 is 0 Å². The Labute approximate surface area is 135 Å². The number of hydrogen-bond donors (Lipinski definition) is 1. The van der Waals surface area contributed by atoms with E-state index in [-0.39, 0.29) is 6.10 Å². The fourth-order valence-corrected chi connectivity index (χ4v) is 4.33. The van der Waals surface area contributed by atoms with E-state index in [4.69, 9.17) is 4.99 Å². The summed E-state index contributed by atoms with van der Waals surface area (Å²) >= 11 is 1.57. The van der Waals surface area contributed by atoms with Crippen molar-refractivity contribution in [2.45, 2.75) is 56.0 Å². The van der Waals surface area contributed by atoms with E-state index in [1.807, 2.05) is 10.9 Å². The molecule has 4 rings (SSSR count). The van der Waals surface area contributed by atoms with Crippen LogP contribution < -0.4 is 0 Å². The van der Waals surface area contributed by atoms with Gasteiger partial charge in [0.25, 0.3) is 0 Å². The summed E-state index contributed by atoms with van der Waals surface area (Å²) in [6.07, 6.45) is 7.32. The molecule has 6 nitrogen and oxygen atoms in total. The molecule has 22 heavy (non-hydrogen) atoms. The second-order valence-electron chi connectivity index (χ2n) is 6.53. The van der Waals surface area contributed by atoms with E-state index in [1.54, 1.807) is 11.8 Å². The lowest BCUT2D eigenvalue weighted by molar-refractivity contribution is 0.0683. The maximum atomic E-state index is 9.74. The van der Waals surface area contributed by atoms with Gasteiger partial charge >= 0.3 is 0 Å². The van der Waals surface area contributed by atoms with Crippen molar-refractivity contribution in [2.24, 2.45) is 10.9 Å². The van der Waals surface area contributed by atoms with Crippen LogP contribution in [0.2, 0.25) is 0 Å². The summed E-state index contributed by atoms with van der Waals surface area (Å²) in [5.41, 5.74) is 1.31. The zero-order valence-corrected chi connectivity index (χ0v) is 13.8. The zero-order chi connectivity index (χ0) is 15.1. The van der Waals surface area contributed by atoms with Gasteiger partial charge in [0, 0.05) is 30.8 Å². The van der Waals surface area contributed by atoms with Crippen molar-refractivity contribution < 1.29 is 5.11 Å². The van der Waals surface area contributed by atoms with Crippen molar-refractivity contribution in [3.63, 3.8) is 0 Å². The van der Waals surface area contributed by atoms with Crippen molar-refractivity contribution in [1.29, 1.82) is 0 Å². The molecule has 3 heterocycles. The number of aliphatic imine (C=N–C) groups is 1. The first-order valence-electron chi connectivity index (χ1n) is 8.24. The Morgan fingerprint density at radius 1 is 1.18 bits per heavy atom. The van der Waals surface area contributed by atoms with E-state index in [2.05, 4.69) is 15.0 Å². The van der Waals surface area contributed by atoms with E-state index < -0.39 is 0 Å². The second-order valence-corrected chi connectivity index (χ2v) is 7.30. The SMILES string of the molecule is CSc1nc2n(n1)CC1CCCC(N3CCC(O)CC3)C1=N2. The van der Waals surface area contributed by atoms with Gasteiger partial charge in [0.2, 0.25) is 11.1 Å². The van der Waals surface area contributed by atoms with Crippen LogP contribution >= 0.6 is 11.8 Å². The third-order valence-corrected chi connectivity index (χ3v) is 5.71. The number of aliphatic hydroxyl groups excluding tert-OH is 1. The summed E-state index contributed by atoms with van der Waals surface area (Å²) in [6, 6.07) is 0.439. The molecule has 2 fully saturated rings. The van der Waals surface area contributed by atoms with E-state index in [0.29, 0.717) is 12.0 Å². The molecule has 1 aliphatic carbocycles. The van der Waals surface area contributed by atoms with Crippen LogP contribution in [0.4, 0.5) is 5.95 Å². The van der Waals surface area contributed by atoms with Crippen LogP contribution in [0, 0.1) is 5.92 Å². The van der Waals surface area contributed by atoms with E-state index in [0.717, 1.165) is 43.6 Å². The zero-order valence-electron chi connectivity index (χ0n) is 13.0. The summed E-state index contributed by atoms with van der Waals surface area (Å²) in [4.78, 5) is 11.9. The Morgan fingerprint density at radius 2 is 2.00 bits per heavy atom. The second kappa shape index (κ2) is 5.94. The average molecular weight is 321 g/mol. The van der Waals surface area contributed by atoms with Crippen molar-refractivity contribution in [1.82, 2.24) is 19.7 Å². The van der Waals surface area contributed by atoms with Crippen molar-refractivity contribution in [3.8, 4) is 0 Å². The maximum absolute atomic E-state index is 9.74. The molecule has 2 aliphatic heterocycles. The standard InChI is InChI=1S/C15H23N5OS/c1-22-15-17-14-16-13-10(9-20(14)18-15)3-2-4-12(13)19-7-5-11(21)6-8-19/h10-12,21H,2-9H2,1H3. The summed E-state index contributed by atoms with van der Waals surface area (Å²) in [6.45, 7) is 2.90. The van der Waals surface area contributed by atoms with Gasteiger partial charge in [-0.15, -0.1) is 5.10 Å². The predicted octanol–water partition coefficient (Wildman–Crippen LogP) is 1.71. The topological polar surface area (TPSA) is 66.5 Å². The van der Waals surface area contributed by atoms with Gasteiger partial charge in [0.15, 0.2) is 0 Å². The average Bonchev–Trinajstić information content (AvgIpc) is 2.95. The Morgan fingerprint density at radius 3 is 2.77 bits per heavy atom. The molecule has 1 aromatic heterocycles. The molecule has 1 saturated heterocycles. The lowest BCUT2D eigenvalue weighted by Crippen LogP contribution is -2.51. The molecule has 7 heteroatoms. The van der Waals surface area contributed by atoms with Gasteiger partial charge in [-0.3, -0.25) is 4.90 Å². The number of likely N-dealkylation sites (tertiary alicyclic amines) is 1. The highest BCUT2D eigenvalue weighted by molar-refractivity contribution is 7.98. The highest BCUT2D eigenvalue weighted by Gasteiger charge is 2.37. The molecule has 1 aromatic rings. The van der Waals surface area contributed by atoms with Gasteiger partial charge in [-0.25, -0.2) is 9.67 Å². The molecule has 2 unspecified atom stereocenters. The van der Waals surface area contributed by atoms with Gasteiger partial charge in [-0.2, -0.15) is 4.98 Å². The van der Waals surface area contributed by atoms with Gasteiger partial charge < -0.3 is 5.11 Å². The molecule has 0 amide bonds. The molecule has 0 aromatic carbocycles. The van der Waals surface area contributed by atoms with Gasteiger partial charge in [0.1, 0.15) is 0 Å². The van der Waals surface area contributed by atoms with Gasteiger partial charge in [-0.05, 0) is 31.9 Å². The number of nitrogens with zero attached hydrogens (tertiary/aromatic N) is 5. The number of aliphatic hydroxyl groups is 1. The number of aromatic nitrogens is 3. The highest BCUT2D eigenvalue weighted by Crippen LogP contribution is 2.34. The fraction of sp³-hybridized carbons (Fsp3) is 0.800. The van der Waals surface area contributed by atoms with Crippen LogP contribution in [0.25, 0.3) is 0 Å². The van der Waals surface area contributed by atoms with E-state index in [1.165, 1.54) is 25.0 Å². The first-order chi connectivity index (χ1) is 10.7. The Hall–Kier alpha value is -0.920.